The van der Waals surface area contributed by atoms with Gasteiger partial charge >= 0.3 is 0 Å². The molecule has 1 heterocycles. The molecule has 1 N–H and O–H groups in total. The van der Waals surface area contributed by atoms with Gasteiger partial charge < -0.3 is 5.32 Å². The van der Waals surface area contributed by atoms with Gasteiger partial charge in [0.2, 0.25) is 5.12 Å². The van der Waals surface area contributed by atoms with E-state index < -0.39 is 0 Å². The lowest BCUT2D eigenvalue weighted by molar-refractivity contribution is -0.105. The molecule has 0 aromatic heterocycles. The molecule has 4 heteroatoms. The Labute approximate surface area is 63.4 Å². The first-order valence-corrected chi connectivity index (χ1v) is 3.79. The minimum absolute atomic E-state index is 0.0185. The van der Waals surface area contributed by atoms with Crippen molar-refractivity contribution in [2.45, 2.75) is 18.7 Å². The van der Waals surface area contributed by atoms with Crippen LogP contribution in [-0.4, -0.2) is 15.0 Å². The molecule has 1 aliphatic rings. The highest BCUT2D eigenvalue weighted by Gasteiger charge is 2.33. The third-order valence-electron chi connectivity index (χ3n) is 0.948. The smallest absolute Gasteiger partial charge is 0.248 e. The van der Waals surface area contributed by atoms with E-state index in [1.54, 1.807) is 0 Å². The van der Waals surface area contributed by atoms with Gasteiger partial charge in [0, 0.05) is 0 Å². The van der Waals surface area contributed by atoms with Crippen LogP contribution in [-0.2, 0) is 4.79 Å². The Kier molecular flexibility index (Phi) is 1.52. The predicted octanol–water partition coefficient (Wildman–Crippen LogP) is 0.913. The van der Waals surface area contributed by atoms with Crippen molar-refractivity contribution < 1.29 is 4.79 Å². The van der Waals surface area contributed by atoms with Crippen LogP contribution in [0.1, 0.15) is 13.8 Å². The van der Waals surface area contributed by atoms with E-state index in [2.05, 4.69) is 5.32 Å². The zero-order valence-electron chi connectivity index (χ0n) is 5.22. The zero-order valence-corrected chi connectivity index (χ0v) is 6.86. The van der Waals surface area contributed by atoms with Crippen LogP contribution in [0, 0.1) is 0 Å². The van der Waals surface area contributed by atoms with Gasteiger partial charge in [-0.05, 0) is 13.8 Å². The minimum atomic E-state index is -0.186. The van der Waals surface area contributed by atoms with E-state index >= 15 is 0 Å². The summed E-state index contributed by atoms with van der Waals surface area (Å²) in [6.07, 6.45) is 0. The lowest BCUT2D eigenvalue weighted by atomic mass is 10.4. The van der Waals surface area contributed by atoms with Gasteiger partial charge in [-0.25, -0.2) is 0 Å². The number of thiocarbonyl (C=S) groups is 1. The summed E-state index contributed by atoms with van der Waals surface area (Å²) < 4.78 is 0. The quantitative estimate of drug-likeness (QED) is 0.535. The fraction of sp³-hybridized carbons (Fsp3) is 0.600. The average Bonchev–Trinajstić information content (AvgIpc) is 1.79. The van der Waals surface area contributed by atoms with Gasteiger partial charge in [-0.1, -0.05) is 24.0 Å². The highest BCUT2D eigenvalue weighted by Crippen LogP contribution is 2.27. The van der Waals surface area contributed by atoms with E-state index in [1.165, 1.54) is 11.8 Å². The van der Waals surface area contributed by atoms with Crippen molar-refractivity contribution in [3.8, 4) is 0 Å². The molecule has 50 valence electrons. The largest absolute Gasteiger partial charge is 0.358 e. The molecule has 1 fully saturated rings. The van der Waals surface area contributed by atoms with Gasteiger partial charge in [-0.2, -0.15) is 0 Å². The second-order valence-corrected chi connectivity index (χ2v) is 4.36. The first-order valence-electron chi connectivity index (χ1n) is 2.57. The molecule has 0 radical (unpaired) electrons. The Balaban J connectivity index is 2.76. The second kappa shape index (κ2) is 1.95. The van der Waals surface area contributed by atoms with Crippen LogP contribution in [0.4, 0.5) is 0 Å². The molecule has 0 aromatic carbocycles. The van der Waals surface area contributed by atoms with Gasteiger partial charge in [0.15, 0.2) is 4.99 Å². The Morgan fingerprint density at radius 3 is 2.33 bits per heavy atom. The standard InChI is InChI=1S/C5H7NOS2/c1-5(2)6-3(8)4(7)9-5/h1-2H3,(H,6,8). The van der Waals surface area contributed by atoms with Crippen LogP contribution >= 0.6 is 24.0 Å². The maximum atomic E-state index is 10.7. The molecular formula is C5H7NOS2. The summed E-state index contributed by atoms with van der Waals surface area (Å²) in [7, 11) is 0. The monoisotopic (exact) mass is 161 g/mol. The fourth-order valence-electron chi connectivity index (χ4n) is 0.628. The summed E-state index contributed by atoms with van der Waals surface area (Å²) in [4.78, 5) is 10.9. The van der Waals surface area contributed by atoms with Crippen molar-refractivity contribution in [1.29, 1.82) is 0 Å². The Morgan fingerprint density at radius 2 is 2.22 bits per heavy atom. The van der Waals surface area contributed by atoms with Gasteiger partial charge in [-0.15, -0.1) is 0 Å². The minimum Gasteiger partial charge on any atom is -0.358 e. The van der Waals surface area contributed by atoms with Crippen molar-refractivity contribution >= 4 is 34.1 Å². The molecule has 0 aliphatic carbocycles. The normalized spacial score (nSPS) is 24.2. The Morgan fingerprint density at radius 1 is 1.67 bits per heavy atom. The lowest BCUT2D eigenvalue weighted by Crippen LogP contribution is -2.32. The number of hydrogen-bond acceptors (Lipinski definition) is 3. The molecule has 0 aromatic rings. The molecule has 0 bridgehead atoms. The third kappa shape index (κ3) is 1.43. The van der Waals surface area contributed by atoms with Crippen molar-refractivity contribution in [1.82, 2.24) is 5.32 Å². The zero-order chi connectivity index (χ0) is 7.07. The number of carbonyl (C=O) groups excluding carboxylic acids is 1. The van der Waals surface area contributed by atoms with Crippen molar-refractivity contribution in [3.05, 3.63) is 0 Å². The van der Waals surface area contributed by atoms with E-state index in [4.69, 9.17) is 12.2 Å². The van der Waals surface area contributed by atoms with Crippen LogP contribution in [0.25, 0.3) is 0 Å². The molecule has 0 amide bonds. The summed E-state index contributed by atoms with van der Waals surface area (Å²) in [5.74, 6) is 0. The van der Waals surface area contributed by atoms with Crippen LogP contribution in [0.5, 0.6) is 0 Å². The number of rotatable bonds is 0. The van der Waals surface area contributed by atoms with E-state index in [0.29, 0.717) is 4.99 Å². The van der Waals surface area contributed by atoms with Crippen LogP contribution < -0.4 is 5.32 Å². The summed E-state index contributed by atoms with van der Waals surface area (Å²) in [5, 5.41) is 2.87. The van der Waals surface area contributed by atoms with Gasteiger partial charge in [-0.3, -0.25) is 4.79 Å². The molecule has 9 heavy (non-hydrogen) atoms. The summed E-state index contributed by atoms with van der Waals surface area (Å²) in [6, 6.07) is 0. The lowest BCUT2D eigenvalue weighted by Gasteiger charge is -2.13. The first kappa shape index (κ1) is 7.02. The topological polar surface area (TPSA) is 29.1 Å². The van der Waals surface area contributed by atoms with Gasteiger partial charge in [0.05, 0.1) is 4.87 Å². The summed E-state index contributed by atoms with van der Waals surface area (Å²) in [5.41, 5.74) is 0. The molecule has 1 rings (SSSR count). The van der Waals surface area contributed by atoms with Crippen LogP contribution in [0.2, 0.25) is 0 Å². The van der Waals surface area contributed by atoms with Crippen molar-refractivity contribution in [3.63, 3.8) is 0 Å². The molecule has 0 saturated carbocycles. The first-order chi connectivity index (χ1) is 4.01. The molecule has 1 saturated heterocycles. The van der Waals surface area contributed by atoms with Gasteiger partial charge in [0.1, 0.15) is 0 Å². The van der Waals surface area contributed by atoms with Crippen LogP contribution in [0.15, 0.2) is 0 Å². The highest BCUT2D eigenvalue weighted by molar-refractivity contribution is 8.18. The number of nitrogens with one attached hydrogen (secondary N) is 1. The highest BCUT2D eigenvalue weighted by atomic mass is 32.2. The van der Waals surface area contributed by atoms with E-state index in [9.17, 15) is 4.79 Å². The Bertz CT molecular complexity index is 158. The Hall–Kier alpha value is -0.0900. The van der Waals surface area contributed by atoms with Crippen molar-refractivity contribution in [2.24, 2.45) is 0 Å². The third-order valence-corrected chi connectivity index (χ3v) is 2.37. The van der Waals surface area contributed by atoms with Gasteiger partial charge in [0.25, 0.3) is 0 Å². The fourth-order valence-corrected chi connectivity index (χ4v) is 1.83. The molecule has 0 atom stereocenters. The van der Waals surface area contributed by atoms with Crippen molar-refractivity contribution in [2.75, 3.05) is 0 Å². The maximum absolute atomic E-state index is 10.7. The number of thioether (sulfide) groups is 1. The molecular weight excluding hydrogens is 154 g/mol. The average molecular weight is 161 g/mol. The molecule has 0 unspecified atom stereocenters. The summed E-state index contributed by atoms with van der Waals surface area (Å²) >= 11 is 5.95. The molecule has 1 aliphatic heterocycles. The maximum Gasteiger partial charge on any atom is 0.248 e. The van der Waals surface area contributed by atoms with Crippen LogP contribution in [0.3, 0.4) is 0 Å². The predicted molar refractivity (Wildman–Crippen MR) is 42.4 cm³/mol. The van der Waals surface area contributed by atoms with E-state index in [-0.39, 0.29) is 9.99 Å². The van der Waals surface area contributed by atoms with E-state index in [1.807, 2.05) is 13.8 Å². The summed E-state index contributed by atoms with van der Waals surface area (Å²) in [6.45, 7) is 3.85. The molecule has 2 nitrogen and oxygen atoms in total. The number of carbonyl (C=O) groups is 1. The number of hydrogen-bond donors (Lipinski definition) is 1. The van der Waals surface area contributed by atoms with E-state index in [0.717, 1.165) is 0 Å². The SMILES string of the molecule is CC1(C)NC(=S)C(=O)S1. The second-order valence-electron chi connectivity index (χ2n) is 2.35. The molecule has 0 spiro atoms.